The first-order valence-electron chi connectivity index (χ1n) is 9.41. The molecule has 2 amide bonds. The molecule has 5 heteroatoms. The Morgan fingerprint density at radius 2 is 2.04 bits per heavy atom. The number of benzene rings is 1. The molecule has 1 aromatic carbocycles. The number of nitrogens with zero attached hydrogens (tertiary/aromatic N) is 2. The summed E-state index contributed by atoms with van der Waals surface area (Å²) in [7, 11) is 1.70. The molecule has 1 N–H and O–H groups in total. The Kier molecular flexibility index (Phi) is 4.05. The lowest BCUT2D eigenvalue weighted by Gasteiger charge is -2.23. The highest BCUT2D eigenvalue weighted by Crippen LogP contribution is 2.61. The van der Waals surface area contributed by atoms with Crippen LogP contribution < -0.4 is 15.0 Å². The van der Waals surface area contributed by atoms with Crippen LogP contribution in [-0.4, -0.2) is 50.8 Å². The fraction of sp³-hybridized carbons (Fsp3) is 0.650. The van der Waals surface area contributed by atoms with E-state index in [1.165, 1.54) is 5.69 Å². The molecule has 3 aliphatic rings. The quantitative estimate of drug-likeness (QED) is 0.914. The first-order valence-corrected chi connectivity index (χ1v) is 9.41. The molecule has 1 aromatic rings. The standard InChI is InChI=1S/C20H29N3O2/c1-20(2)17-12-23(13-18(17)20)19(24)21-10-14-7-8-22(11-14)15-5-4-6-16(9-15)25-3/h4-6,9,14,17-18H,7-8,10-13H2,1-3H3,(H,21,24)/t14-,17-,18-/m1/s1. The molecule has 2 saturated heterocycles. The zero-order chi connectivity index (χ0) is 17.6. The molecule has 4 rings (SSSR count). The molecule has 2 heterocycles. The average Bonchev–Trinajstić information content (AvgIpc) is 3.09. The molecule has 3 atom stereocenters. The van der Waals surface area contributed by atoms with E-state index in [4.69, 9.17) is 4.74 Å². The van der Waals surface area contributed by atoms with E-state index in [9.17, 15) is 4.79 Å². The number of ether oxygens (including phenoxy) is 1. The van der Waals surface area contributed by atoms with Gasteiger partial charge in [-0.25, -0.2) is 4.79 Å². The number of fused-ring (bicyclic) bond motifs is 1. The first-order chi connectivity index (χ1) is 12.0. The van der Waals surface area contributed by atoms with Gasteiger partial charge in [0.2, 0.25) is 0 Å². The third kappa shape index (κ3) is 3.05. The second kappa shape index (κ2) is 6.11. The summed E-state index contributed by atoms with van der Waals surface area (Å²) in [5, 5.41) is 3.17. The molecule has 0 aromatic heterocycles. The van der Waals surface area contributed by atoms with E-state index < -0.39 is 0 Å². The fourth-order valence-electron chi connectivity index (χ4n) is 4.68. The number of urea groups is 1. The number of carbonyl (C=O) groups is 1. The van der Waals surface area contributed by atoms with Gasteiger partial charge in [-0.05, 0) is 41.7 Å². The summed E-state index contributed by atoms with van der Waals surface area (Å²) in [6.45, 7) is 9.32. The molecule has 3 fully saturated rings. The number of rotatable bonds is 4. The van der Waals surface area contributed by atoms with Crippen LogP contribution >= 0.6 is 0 Å². The van der Waals surface area contributed by atoms with Gasteiger partial charge < -0.3 is 19.9 Å². The van der Waals surface area contributed by atoms with E-state index >= 15 is 0 Å². The van der Waals surface area contributed by atoms with E-state index in [-0.39, 0.29) is 6.03 Å². The average molecular weight is 343 g/mol. The minimum absolute atomic E-state index is 0.128. The lowest BCUT2D eigenvalue weighted by molar-refractivity contribution is 0.194. The van der Waals surface area contributed by atoms with Crippen LogP contribution in [0.25, 0.3) is 0 Å². The van der Waals surface area contributed by atoms with E-state index in [1.807, 2.05) is 17.0 Å². The van der Waals surface area contributed by atoms with Crippen LogP contribution in [0.15, 0.2) is 24.3 Å². The maximum absolute atomic E-state index is 12.4. The highest BCUT2D eigenvalue weighted by molar-refractivity contribution is 5.75. The Hall–Kier alpha value is -1.91. The van der Waals surface area contributed by atoms with Gasteiger partial charge >= 0.3 is 6.03 Å². The number of nitrogens with one attached hydrogen (secondary N) is 1. The Balaban J connectivity index is 1.24. The van der Waals surface area contributed by atoms with Crippen LogP contribution in [0.5, 0.6) is 5.75 Å². The molecule has 5 nitrogen and oxygen atoms in total. The predicted molar refractivity (Wildman–Crippen MR) is 99.0 cm³/mol. The van der Waals surface area contributed by atoms with Crippen LogP contribution in [0.4, 0.5) is 10.5 Å². The minimum atomic E-state index is 0.128. The van der Waals surface area contributed by atoms with Crippen molar-refractivity contribution in [3.05, 3.63) is 24.3 Å². The van der Waals surface area contributed by atoms with Gasteiger partial charge in [-0.1, -0.05) is 19.9 Å². The van der Waals surface area contributed by atoms with Crippen molar-refractivity contribution in [1.82, 2.24) is 10.2 Å². The molecule has 0 bridgehead atoms. The SMILES string of the molecule is COc1cccc(N2CC[C@H](CNC(=O)N3C[C@@H]4[C@@H](C3)C4(C)C)C2)c1. The molecule has 136 valence electrons. The second-order valence-corrected chi connectivity index (χ2v) is 8.43. The van der Waals surface area contributed by atoms with Gasteiger partial charge in [-0.2, -0.15) is 0 Å². The van der Waals surface area contributed by atoms with Crippen LogP contribution in [0.1, 0.15) is 20.3 Å². The molecule has 2 aliphatic heterocycles. The van der Waals surface area contributed by atoms with Crippen molar-refractivity contribution in [2.24, 2.45) is 23.2 Å². The highest BCUT2D eigenvalue weighted by atomic mass is 16.5. The molecular formula is C20H29N3O2. The summed E-state index contributed by atoms with van der Waals surface area (Å²) in [5.74, 6) is 2.84. The first kappa shape index (κ1) is 16.6. The van der Waals surface area contributed by atoms with Crippen molar-refractivity contribution in [3.8, 4) is 5.75 Å². The Morgan fingerprint density at radius 1 is 1.28 bits per heavy atom. The Labute approximate surface area is 150 Å². The molecule has 0 unspecified atom stereocenters. The van der Waals surface area contributed by atoms with Crippen LogP contribution in [0, 0.1) is 23.2 Å². The number of methoxy groups -OCH3 is 1. The molecule has 0 radical (unpaired) electrons. The summed E-state index contributed by atoms with van der Waals surface area (Å²) in [6.07, 6.45) is 1.12. The predicted octanol–water partition coefficient (Wildman–Crippen LogP) is 2.82. The van der Waals surface area contributed by atoms with Crippen LogP contribution in [0.2, 0.25) is 0 Å². The molecule has 25 heavy (non-hydrogen) atoms. The second-order valence-electron chi connectivity index (χ2n) is 8.43. The topological polar surface area (TPSA) is 44.8 Å². The van der Waals surface area contributed by atoms with E-state index in [2.05, 4.69) is 36.2 Å². The number of carbonyl (C=O) groups excluding carboxylic acids is 1. The van der Waals surface area contributed by atoms with Crippen molar-refractivity contribution in [2.75, 3.05) is 44.7 Å². The number of hydrogen-bond acceptors (Lipinski definition) is 3. The third-order valence-electron chi connectivity index (χ3n) is 6.66. The van der Waals surface area contributed by atoms with Crippen molar-refractivity contribution in [3.63, 3.8) is 0 Å². The molecule has 1 aliphatic carbocycles. The van der Waals surface area contributed by atoms with E-state index in [0.717, 1.165) is 44.9 Å². The minimum Gasteiger partial charge on any atom is -0.497 e. The normalized spacial score (nSPS) is 29.5. The number of likely N-dealkylation sites (tertiary alicyclic amines) is 1. The van der Waals surface area contributed by atoms with Gasteiger partial charge in [-0.3, -0.25) is 0 Å². The number of amides is 2. The van der Waals surface area contributed by atoms with Crippen molar-refractivity contribution >= 4 is 11.7 Å². The van der Waals surface area contributed by atoms with Gasteiger partial charge in [0.1, 0.15) is 5.75 Å². The summed E-state index contributed by atoms with van der Waals surface area (Å²) >= 11 is 0. The molecular weight excluding hydrogens is 314 g/mol. The van der Waals surface area contributed by atoms with Gasteiger partial charge in [-0.15, -0.1) is 0 Å². The number of hydrogen-bond donors (Lipinski definition) is 1. The highest BCUT2D eigenvalue weighted by Gasteiger charge is 2.62. The van der Waals surface area contributed by atoms with Crippen LogP contribution in [0.3, 0.4) is 0 Å². The molecule has 1 saturated carbocycles. The van der Waals surface area contributed by atoms with Crippen molar-refractivity contribution in [2.45, 2.75) is 20.3 Å². The smallest absolute Gasteiger partial charge is 0.317 e. The van der Waals surface area contributed by atoms with Gasteiger partial charge in [0.15, 0.2) is 0 Å². The zero-order valence-corrected chi connectivity index (χ0v) is 15.5. The van der Waals surface area contributed by atoms with Gasteiger partial charge in [0, 0.05) is 44.5 Å². The maximum Gasteiger partial charge on any atom is 0.317 e. The fourth-order valence-corrected chi connectivity index (χ4v) is 4.68. The van der Waals surface area contributed by atoms with Crippen molar-refractivity contribution < 1.29 is 9.53 Å². The number of anilines is 1. The molecule has 0 spiro atoms. The zero-order valence-electron chi connectivity index (χ0n) is 15.5. The summed E-state index contributed by atoms with van der Waals surface area (Å²) in [5.41, 5.74) is 1.66. The lowest BCUT2D eigenvalue weighted by atomic mass is 10.1. The Morgan fingerprint density at radius 3 is 2.76 bits per heavy atom. The largest absolute Gasteiger partial charge is 0.497 e. The van der Waals surface area contributed by atoms with E-state index in [0.29, 0.717) is 23.2 Å². The maximum atomic E-state index is 12.4. The monoisotopic (exact) mass is 343 g/mol. The van der Waals surface area contributed by atoms with Crippen LogP contribution in [-0.2, 0) is 0 Å². The Bertz CT molecular complexity index is 646. The van der Waals surface area contributed by atoms with Gasteiger partial charge in [0.25, 0.3) is 0 Å². The van der Waals surface area contributed by atoms with E-state index in [1.54, 1.807) is 7.11 Å². The van der Waals surface area contributed by atoms with Crippen molar-refractivity contribution in [1.29, 1.82) is 0 Å². The van der Waals surface area contributed by atoms with Gasteiger partial charge in [0.05, 0.1) is 7.11 Å². The third-order valence-corrected chi connectivity index (χ3v) is 6.66. The lowest BCUT2D eigenvalue weighted by Crippen LogP contribution is -2.42. The number of piperidine rings is 1. The summed E-state index contributed by atoms with van der Waals surface area (Å²) in [4.78, 5) is 16.8. The summed E-state index contributed by atoms with van der Waals surface area (Å²) in [6, 6.07) is 8.34. The summed E-state index contributed by atoms with van der Waals surface area (Å²) < 4.78 is 5.31.